The van der Waals surface area contributed by atoms with Crippen molar-refractivity contribution in [1.29, 1.82) is 5.26 Å². The third-order valence-corrected chi connectivity index (χ3v) is 3.52. The Kier molecular flexibility index (Phi) is 3.21. The first kappa shape index (κ1) is 12.4. The summed E-state index contributed by atoms with van der Waals surface area (Å²) in [7, 11) is 1.69. The molecule has 0 saturated carbocycles. The van der Waals surface area contributed by atoms with Crippen LogP contribution in [0, 0.1) is 11.5 Å². The lowest BCUT2D eigenvalue weighted by molar-refractivity contribution is 0.758. The number of anilines is 3. The van der Waals surface area contributed by atoms with Crippen molar-refractivity contribution in [2.24, 2.45) is 0 Å². The lowest BCUT2D eigenvalue weighted by atomic mass is 10.0. The van der Waals surface area contributed by atoms with Crippen molar-refractivity contribution in [3.63, 3.8) is 0 Å². The highest BCUT2D eigenvalue weighted by Crippen LogP contribution is 2.32. The monoisotopic (exact) mass is 265 g/mol. The topological polar surface area (TPSA) is 56.1 Å². The highest BCUT2D eigenvalue weighted by atomic mass is 15.2. The first-order valence-electron chi connectivity index (χ1n) is 6.60. The molecule has 1 aliphatic heterocycles. The highest BCUT2D eigenvalue weighted by Gasteiger charge is 2.19. The van der Waals surface area contributed by atoms with Gasteiger partial charge in [-0.2, -0.15) is 5.26 Å². The molecule has 2 aromatic rings. The van der Waals surface area contributed by atoms with Crippen molar-refractivity contribution in [1.82, 2.24) is 9.97 Å². The molecule has 1 aromatic carbocycles. The van der Waals surface area contributed by atoms with Gasteiger partial charge in [0.1, 0.15) is 18.0 Å². The van der Waals surface area contributed by atoms with Crippen LogP contribution in [-0.2, 0) is 6.42 Å². The third-order valence-electron chi connectivity index (χ3n) is 3.52. The maximum absolute atomic E-state index is 8.95. The second-order valence-corrected chi connectivity index (χ2v) is 4.78. The van der Waals surface area contributed by atoms with Gasteiger partial charge in [-0.25, -0.2) is 9.97 Å². The summed E-state index contributed by atoms with van der Waals surface area (Å²) in [5.41, 5.74) is 2.54. The van der Waals surface area contributed by atoms with Crippen LogP contribution in [0.2, 0.25) is 0 Å². The predicted octanol–water partition coefficient (Wildman–Crippen LogP) is 2.48. The van der Waals surface area contributed by atoms with Gasteiger partial charge in [-0.1, -0.05) is 18.2 Å². The molecule has 0 N–H and O–H groups in total. The van der Waals surface area contributed by atoms with Crippen LogP contribution in [0.1, 0.15) is 12.0 Å². The van der Waals surface area contributed by atoms with E-state index < -0.39 is 0 Å². The van der Waals surface area contributed by atoms with E-state index in [1.165, 1.54) is 22.5 Å². The molecule has 0 spiro atoms. The molecule has 0 amide bonds. The molecular formula is C15H15N5. The average Bonchev–Trinajstić information content (AvgIpc) is 2.53. The van der Waals surface area contributed by atoms with E-state index >= 15 is 0 Å². The van der Waals surface area contributed by atoms with Gasteiger partial charge in [0.2, 0.25) is 0 Å². The Bertz CT molecular complexity index is 661. The largest absolute Gasteiger partial charge is 0.326 e. The van der Waals surface area contributed by atoms with Gasteiger partial charge in [-0.15, -0.1) is 0 Å². The Labute approximate surface area is 118 Å². The van der Waals surface area contributed by atoms with E-state index in [4.69, 9.17) is 5.26 Å². The molecule has 0 radical (unpaired) electrons. The van der Waals surface area contributed by atoms with E-state index in [0.29, 0.717) is 5.82 Å². The molecule has 0 fully saturated rings. The minimum Gasteiger partial charge on any atom is -0.326 e. The molecule has 0 aliphatic carbocycles. The molecule has 5 heteroatoms. The summed E-state index contributed by atoms with van der Waals surface area (Å²) >= 11 is 0. The number of fused-ring (bicyclic) bond motifs is 1. The Morgan fingerprint density at radius 1 is 1.30 bits per heavy atom. The number of hydrogen-bond acceptors (Lipinski definition) is 5. The maximum Gasteiger partial charge on any atom is 0.185 e. The lowest BCUT2D eigenvalue weighted by Crippen LogP contribution is -2.25. The Hall–Kier alpha value is -2.61. The minimum absolute atomic E-state index is 0.612. The molecule has 1 aromatic heterocycles. The zero-order valence-electron chi connectivity index (χ0n) is 11.3. The van der Waals surface area contributed by atoms with Crippen molar-refractivity contribution in [3.05, 3.63) is 42.2 Å². The van der Waals surface area contributed by atoms with Crippen LogP contribution in [0.25, 0.3) is 0 Å². The van der Waals surface area contributed by atoms with Crippen molar-refractivity contribution in [2.75, 3.05) is 23.4 Å². The van der Waals surface area contributed by atoms with Gasteiger partial charge >= 0.3 is 0 Å². The van der Waals surface area contributed by atoms with Crippen LogP contribution in [0.5, 0.6) is 0 Å². The quantitative estimate of drug-likeness (QED) is 0.616. The smallest absolute Gasteiger partial charge is 0.185 e. The number of hydrogen-bond donors (Lipinski definition) is 0. The number of aryl methyl sites for hydroxylation is 1. The fourth-order valence-corrected chi connectivity index (χ4v) is 2.49. The van der Waals surface area contributed by atoms with Gasteiger partial charge in [-0.3, -0.25) is 4.90 Å². The van der Waals surface area contributed by atoms with Crippen LogP contribution in [0.4, 0.5) is 17.3 Å². The van der Waals surface area contributed by atoms with E-state index in [1.54, 1.807) is 7.05 Å². The number of para-hydroxylation sites is 1. The zero-order chi connectivity index (χ0) is 13.9. The number of nitriles is 1. The van der Waals surface area contributed by atoms with Crippen molar-refractivity contribution in [3.8, 4) is 6.19 Å². The van der Waals surface area contributed by atoms with Gasteiger partial charge in [0.25, 0.3) is 0 Å². The fourth-order valence-electron chi connectivity index (χ4n) is 2.49. The SMILES string of the molecule is CN(C#N)c1cc(N2CCCc3ccccc32)ncn1. The Balaban J connectivity index is 2.01. The fraction of sp³-hybridized carbons (Fsp3) is 0.267. The molecule has 3 rings (SSSR count). The van der Waals surface area contributed by atoms with Crippen LogP contribution in [0.3, 0.4) is 0 Å². The van der Waals surface area contributed by atoms with Gasteiger partial charge in [0, 0.05) is 25.3 Å². The van der Waals surface area contributed by atoms with E-state index in [-0.39, 0.29) is 0 Å². The van der Waals surface area contributed by atoms with Crippen molar-refractivity contribution >= 4 is 17.3 Å². The van der Waals surface area contributed by atoms with Crippen molar-refractivity contribution in [2.45, 2.75) is 12.8 Å². The molecule has 2 heterocycles. The summed E-state index contributed by atoms with van der Waals surface area (Å²) in [6, 6.07) is 10.2. The molecule has 0 atom stereocenters. The summed E-state index contributed by atoms with van der Waals surface area (Å²) in [6.07, 6.45) is 5.77. The third kappa shape index (κ3) is 2.16. The van der Waals surface area contributed by atoms with Gasteiger partial charge in [0.05, 0.1) is 0 Å². The first-order chi connectivity index (χ1) is 9.79. The van der Waals surface area contributed by atoms with E-state index in [9.17, 15) is 0 Å². The average molecular weight is 265 g/mol. The normalized spacial score (nSPS) is 13.5. The number of aromatic nitrogens is 2. The number of rotatable bonds is 2. The van der Waals surface area contributed by atoms with Crippen LogP contribution in [-0.4, -0.2) is 23.6 Å². The minimum atomic E-state index is 0.612. The first-order valence-corrected chi connectivity index (χ1v) is 6.60. The molecule has 100 valence electrons. The summed E-state index contributed by atoms with van der Waals surface area (Å²) in [5.74, 6) is 1.45. The summed E-state index contributed by atoms with van der Waals surface area (Å²) in [4.78, 5) is 12.1. The standard InChI is InChI=1S/C15H15N5/c1-19(10-16)14-9-15(18-11-17-14)20-8-4-6-12-5-2-3-7-13(12)20/h2-3,5,7,9,11H,4,6,8H2,1H3. The van der Waals surface area contributed by atoms with E-state index in [2.05, 4.69) is 39.3 Å². The van der Waals surface area contributed by atoms with Crippen LogP contribution < -0.4 is 9.80 Å². The van der Waals surface area contributed by atoms with Gasteiger partial charge in [0.15, 0.2) is 6.19 Å². The second-order valence-electron chi connectivity index (χ2n) is 4.78. The molecule has 5 nitrogen and oxygen atoms in total. The van der Waals surface area contributed by atoms with Crippen LogP contribution in [0.15, 0.2) is 36.7 Å². The molecule has 0 unspecified atom stereocenters. The lowest BCUT2D eigenvalue weighted by Gasteiger charge is -2.30. The molecule has 20 heavy (non-hydrogen) atoms. The zero-order valence-corrected chi connectivity index (χ0v) is 11.3. The van der Waals surface area contributed by atoms with E-state index in [0.717, 1.165) is 25.2 Å². The highest BCUT2D eigenvalue weighted by molar-refractivity contribution is 5.67. The van der Waals surface area contributed by atoms with Gasteiger partial charge < -0.3 is 4.90 Å². The summed E-state index contributed by atoms with van der Waals surface area (Å²) in [6.45, 7) is 0.934. The maximum atomic E-state index is 8.95. The van der Waals surface area contributed by atoms with Crippen molar-refractivity contribution < 1.29 is 0 Å². The molecule has 1 aliphatic rings. The molecule has 0 saturated heterocycles. The van der Waals surface area contributed by atoms with Crippen LogP contribution >= 0.6 is 0 Å². The second kappa shape index (κ2) is 5.17. The van der Waals surface area contributed by atoms with E-state index in [1.807, 2.05) is 12.1 Å². The van der Waals surface area contributed by atoms with Gasteiger partial charge in [-0.05, 0) is 24.5 Å². The Morgan fingerprint density at radius 2 is 2.15 bits per heavy atom. The molecule has 0 bridgehead atoms. The summed E-state index contributed by atoms with van der Waals surface area (Å²) < 4.78 is 0. The molecular weight excluding hydrogens is 250 g/mol. The predicted molar refractivity (Wildman–Crippen MR) is 77.8 cm³/mol. The Morgan fingerprint density at radius 3 is 3.00 bits per heavy atom. The number of nitrogens with zero attached hydrogens (tertiary/aromatic N) is 5. The summed E-state index contributed by atoms with van der Waals surface area (Å²) in [5, 5.41) is 8.95. The number of benzene rings is 1.